The standard InChI is InChI=1S/C12H12BrNO2/c1-7(15)11-8(2)16-12(14-11)9-3-5-10(13)6-4-9/h3-7,15H,1-2H3. The van der Waals surface area contributed by atoms with Crippen LogP contribution in [0.2, 0.25) is 0 Å². The molecular formula is C12H12BrNO2. The van der Waals surface area contributed by atoms with Crippen LogP contribution in [0.15, 0.2) is 33.2 Å². The van der Waals surface area contributed by atoms with E-state index >= 15 is 0 Å². The van der Waals surface area contributed by atoms with Gasteiger partial charge in [-0.05, 0) is 38.1 Å². The zero-order valence-electron chi connectivity index (χ0n) is 9.07. The van der Waals surface area contributed by atoms with Gasteiger partial charge in [-0.25, -0.2) is 4.98 Å². The average molecular weight is 282 g/mol. The molecule has 16 heavy (non-hydrogen) atoms. The van der Waals surface area contributed by atoms with Crippen molar-refractivity contribution in [2.45, 2.75) is 20.0 Å². The molecule has 84 valence electrons. The fourth-order valence-electron chi connectivity index (χ4n) is 1.51. The normalized spacial score (nSPS) is 12.8. The number of aromatic nitrogens is 1. The Morgan fingerprint density at radius 1 is 1.31 bits per heavy atom. The van der Waals surface area contributed by atoms with Gasteiger partial charge in [0.25, 0.3) is 0 Å². The van der Waals surface area contributed by atoms with E-state index in [4.69, 9.17) is 4.42 Å². The van der Waals surface area contributed by atoms with Gasteiger partial charge < -0.3 is 9.52 Å². The molecule has 1 N–H and O–H groups in total. The molecule has 1 heterocycles. The van der Waals surface area contributed by atoms with Crippen LogP contribution in [-0.4, -0.2) is 10.1 Å². The van der Waals surface area contributed by atoms with Gasteiger partial charge in [-0.15, -0.1) is 0 Å². The number of aryl methyl sites for hydroxylation is 1. The minimum atomic E-state index is -0.604. The van der Waals surface area contributed by atoms with Crippen LogP contribution < -0.4 is 0 Å². The Morgan fingerprint density at radius 3 is 2.44 bits per heavy atom. The molecule has 1 unspecified atom stereocenters. The van der Waals surface area contributed by atoms with Crippen molar-refractivity contribution in [2.24, 2.45) is 0 Å². The molecule has 0 aliphatic carbocycles. The quantitative estimate of drug-likeness (QED) is 0.917. The highest BCUT2D eigenvalue weighted by atomic mass is 79.9. The van der Waals surface area contributed by atoms with E-state index in [0.717, 1.165) is 10.0 Å². The fourth-order valence-corrected chi connectivity index (χ4v) is 1.78. The van der Waals surface area contributed by atoms with Gasteiger partial charge in [-0.1, -0.05) is 15.9 Å². The summed E-state index contributed by atoms with van der Waals surface area (Å²) in [5.74, 6) is 1.20. The van der Waals surface area contributed by atoms with Crippen LogP contribution in [0.25, 0.3) is 11.5 Å². The highest BCUT2D eigenvalue weighted by Crippen LogP contribution is 2.25. The first-order valence-electron chi connectivity index (χ1n) is 4.99. The van der Waals surface area contributed by atoms with Crippen LogP contribution in [0.4, 0.5) is 0 Å². The summed E-state index contributed by atoms with van der Waals surface area (Å²) in [5, 5.41) is 9.48. The van der Waals surface area contributed by atoms with Gasteiger partial charge in [0.1, 0.15) is 11.5 Å². The summed E-state index contributed by atoms with van der Waals surface area (Å²) < 4.78 is 6.52. The van der Waals surface area contributed by atoms with Crippen LogP contribution in [0.5, 0.6) is 0 Å². The Hall–Kier alpha value is -1.13. The largest absolute Gasteiger partial charge is 0.441 e. The van der Waals surface area contributed by atoms with Gasteiger partial charge in [-0.2, -0.15) is 0 Å². The maximum Gasteiger partial charge on any atom is 0.226 e. The third-order valence-electron chi connectivity index (χ3n) is 2.32. The van der Waals surface area contributed by atoms with Gasteiger partial charge in [-0.3, -0.25) is 0 Å². The number of hydrogen-bond acceptors (Lipinski definition) is 3. The van der Waals surface area contributed by atoms with Crippen LogP contribution >= 0.6 is 15.9 Å². The number of nitrogens with zero attached hydrogens (tertiary/aromatic N) is 1. The minimum absolute atomic E-state index is 0.543. The Kier molecular flexibility index (Phi) is 3.12. The SMILES string of the molecule is Cc1oc(-c2ccc(Br)cc2)nc1C(C)O. The van der Waals surface area contributed by atoms with Gasteiger partial charge in [0.2, 0.25) is 5.89 Å². The number of benzene rings is 1. The second-order valence-electron chi connectivity index (χ2n) is 3.64. The van der Waals surface area contributed by atoms with E-state index in [1.807, 2.05) is 24.3 Å². The predicted octanol–water partition coefficient (Wildman–Crippen LogP) is 3.47. The lowest BCUT2D eigenvalue weighted by atomic mass is 10.2. The summed E-state index contributed by atoms with van der Waals surface area (Å²) in [4.78, 5) is 4.28. The summed E-state index contributed by atoms with van der Waals surface area (Å²) in [7, 11) is 0. The second-order valence-corrected chi connectivity index (χ2v) is 4.56. The molecule has 2 aromatic rings. The lowest BCUT2D eigenvalue weighted by Gasteiger charge is -1.97. The molecule has 0 spiro atoms. The topological polar surface area (TPSA) is 46.3 Å². The molecule has 4 heteroatoms. The summed E-state index contributed by atoms with van der Waals surface area (Å²) in [5.41, 5.74) is 1.50. The van der Waals surface area contributed by atoms with E-state index in [1.54, 1.807) is 13.8 Å². The highest BCUT2D eigenvalue weighted by molar-refractivity contribution is 9.10. The average Bonchev–Trinajstić information content (AvgIpc) is 2.61. The lowest BCUT2D eigenvalue weighted by Crippen LogP contribution is -1.93. The maximum absolute atomic E-state index is 9.48. The first-order valence-corrected chi connectivity index (χ1v) is 5.78. The van der Waals surface area contributed by atoms with Crippen molar-refractivity contribution in [1.29, 1.82) is 0 Å². The van der Waals surface area contributed by atoms with Crippen LogP contribution in [0.1, 0.15) is 24.5 Å². The molecule has 0 amide bonds. The van der Waals surface area contributed by atoms with Gasteiger partial charge in [0.15, 0.2) is 0 Å². The first kappa shape index (κ1) is 11.4. The molecule has 2 rings (SSSR count). The second kappa shape index (κ2) is 4.39. The molecular weight excluding hydrogens is 270 g/mol. The van der Waals surface area contributed by atoms with Crippen molar-refractivity contribution >= 4 is 15.9 Å². The van der Waals surface area contributed by atoms with Crippen LogP contribution in [-0.2, 0) is 0 Å². The fraction of sp³-hybridized carbons (Fsp3) is 0.250. The number of aliphatic hydroxyl groups excluding tert-OH is 1. The number of hydrogen-bond donors (Lipinski definition) is 1. The van der Waals surface area contributed by atoms with E-state index in [0.29, 0.717) is 17.3 Å². The Bertz CT molecular complexity index is 488. The van der Waals surface area contributed by atoms with Gasteiger partial charge >= 0.3 is 0 Å². The Balaban J connectivity index is 2.41. The van der Waals surface area contributed by atoms with Gasteiger partial charge in [0.05, 0.1) is 6.10 Å². The molecule has 0 radical (unpaired) electrons. The van der Waals surface area contributed by atoms with E-state index in [1.165, 1.54) is 0 Å². The van der Waals surface area contributed by atoms with Crippen LogP contribution in [0, 0.1) is 6.92 Å². The molecule has 0 saturated carbocycles. The molecule has 0 aliphatic rings. The van der Waals surface area contributed by atoms with Crippen molar-refractivity contribution < 1.29 is 9.52 Å². The van der Waals surface area contributed by atoms with E-state index in [2.05, 4.69) is 20.9 Å². The summed E-state index contributed by atoms with van der Waals surface area (Å²) in [6.45, 7) is 3.48. The first-order chi connectivity index (χ1) is 7.58. The zero-order valence-corrected chi connectivity index (χ0v) is 10.7. The molecule has 0 aliphatic heterocycles. The van der Waals surface area contributed by atoms with Crippen molar-refractivity contribution in [3.8, 4) is 11.5 Å². The molecule has 3 nitrogen and oxygen atoms in total. The molecule has 0 fully saturated rings. The number of rotatable bonds is 2. The van der Waals surface area contributed by atoms with E-state index in [9.17, 15) is 5.11 Å². The third-order valence-corrected chi connectivity index (χ3v) is 2.85. The Labute approximate surface area is 102 Å². The molecule has 0 bridgehead atoms. The molecule has 1 atom stereocenters. The Morgan fingerprint density at radius 2 is 1.94 bits per heavy atom. The summed E-state index contributed by atoms with van der Waals surface area (Å²) >= 11 is 3.37. The van der Waals surface area contributed by atoms with E-state index in [-0.39, 0.29) is 0 Å². The minimum Gasteiger partial charge on any atom is -0.441 e. The predicted molar refractivity (Wildman–Crippen MR) is 65.0 cm³/mol. The third kappa shape index (κ3) is 2.18. The van der Waals surface area contributed by atoms with Crippen molar-refractivity contribution in [3.05, 3.63) is 40.2 Å². The number of aliphatic hydroxyl groups is 1. The monoisotopic (exact) mass is 281 g/mol. The summed E-state index contributed by atoms with van der Waals surface area (Å²) in [6, 6.07) is 7.69. The summed E-state index contributed by atoms with van der Waals surface area (Å²) in [6.07, 6.45) is -0.604. The smallest absolute Gasteiger partial charge is 0.226 e. The van der Waals surface area contributed by atoms with E-state index < -0.39 is 6.10 Å². The molecule has 1 aromatic heterocycles. The van der Waals surface area contributed by atoms with Crippen molar-refractivity contribution in [2.75, 3.05) is 0 Å². The number of oxazole rings is 1. The van der Waals surface area contributed by atoms with Gasteiger partial charge in [0, 0.05) is 10.0 Å². The lowest BCUT2D eigenvalue weighted by molar-refractivity contribution is 0.193. The maximum atomic E-state index is 9.48. The van der Waals surface area contributed by atoms with Crippen molar-refractivity contribution in [3.63, 3.8) is 0 Å². The molecule has 1 aromatic carbocycles. The highest BCUT2D eigenvalue weighted by Gasteiger charge is 2.14. The van der Waals surface area contributed by atoms with Crippen LogP contribution in [0.3, 0.4) is 0 Å². The number of halogens is 1. The van der Waals surface area contributed by atoms with Crippen molar-refractivity contribution in [1.82, 2.24) is 4.98 Å². The zero-order chi connectivity index (χ0) is 11.7. The molecule has 0 saturated heterocycles.